The molecule has 0 N–H and O–H groups in total. The number of carbonyl (C=O) groups excluding carboxylic acids is 1. The van der Waals surface area contributed by atoms with Gasteiger partial charge in [-0.25, -0.2) is 4.79 Å². The van der Waals surface area contributed by atoms with E-state index in [1.165, 1.54) is 7.11 Å². The molecule has 0 spiro atoms. The number of ether oxygens (including phenoxy) is 2. The summed E-state index contributed by atoms with van der Waals surface area (Å²) in [6.45, 7) is 0.510. The molecule has 0 aliphatic carbocycles. The number of methoxy groups -OCH3 is 2. The normalized spacial score (nSPS) is 10.8. The zero-order valence-electron chi connectivity index (χ0n) is 17.1. The predicted octanol–water partition coefficient (Wildman–Crippen LogP) is 4.67. The number of hydrogen-bond donors (Lipinski definition) is 0. The molecule has 0 aliphatic heterocycles. The minimum absolute atomic E-state index is 0.347. The zero-order valence-corrected chi connectivity index (χ0v) is 18.0. The van der Waals surface area contributed by atoms with E-state index in [0.29, 0.717) is 17.9 Å². The molecule has 0 bridgehead atoms. The van der Waals surface area contributed by atoms with Gasteiger partial charge in [0.15, 0.2) is 11.0 Å². The molecule has 31 heavy (non-hydrogen) atoms. The summed E-state index contributed by atoms with van der Waals surface area (Å²) in [5, 5.41) is 9.63. The van der Waals surface area contributed by atoms with Gasteiger partial charge in [-0.1, -0.05) is 36.0 Å². The highest BCUT2D eigenvalue weighted by molar-refractivity contribution is 7.98. The van der Waals surface area contributed by atoms with Gasteiger partial charge in [-0.05, 0) is 42.0 Å². The van der Waals surface area contributed by atoms with Gasteiger partial charge in [0.2, 0.25) is 0 Å². The van der Waals surface area contributed by atoms with E-state index in [1.807, 2.05) is 53.1 Å². The van der Waals surface area contributed by atoms with Gasteiger partial charge in [-0.2, -0.15) is 0 Å². The number of hydrogen-bond acceptors (Lipinski definition) is 7. The first-order valence-electron chi connectivity index (χ1n) is 9.58. The van der Waals surface area contributed by atoms with Crippen molar-refractivity contribution in [2.75, 3.05) is 14.2 Å². The van der Waals surface area contributed by atoms with Gasteiger partial charge in [0, 0.05) is 11.3 Å². The van der Waals surface area contributed by atoms with Crippen LogP contribution in [0.1, 0.15) is 21.7 Å². The van der Waals surface area contributed by atoms with Crippen LogP contribution >= 0.6 is 11.8 Å². The van der Waals surface area contributed by atoms with Crippen LogP contribution in [0.4, 0.5) is 0 Å². The van der Waals surface area contributed by atoms with Crippen LogP contribution in [0.2, 0.25) is 0 Å². The lowest BCUT2D eigenvalue weighted by Gasteiger charge is -2.10. The molecule has 2 aromatic heterocycles. The molecule has 0 saturated carbocycles. The van der Waals surface area contributed by atoms with E-state index < -0.39 is 0 Å². The molecule has 2 heterocycles. The Hall–Kier alpha value is -3.52. The summed E-state index contributed by atoms with van der Waals surface area (Å²) >= 11 is 1.57. The largest absolute Gasteiger partial charge is 0.497 e. The van der Waals surface area contributed by atoms with E-state index in [2.05, 4.69) is 10.2 Å². The fourth-order valence-corrected chi connectivity index (χ4v) is 3.97. The molecule has 8 heteroatoms. The standard InChI is InChI=1S/C23H21N3O4S/c1-28-19-6-3-5-18(13-19)21-24-25-23(26(21)14-20-7-4-12-30-20)31-15-16-8-10-17(11-9-16)22(27)29-2/h3-13H,14-15H2,1-2H3. The molecule has 0 unspecified atom stereocenters. The van der Waals surface area contributed by atoms with Crippen LogP contribution in [-0.4, -0.2) is 35.0 Å². The van der Waals surface area contributed by atoms with Gasteiger partial charge >= 0.3 is 5.97 Å². The number of thioether (sulfide) groups is 1. The van der Waals surface area contributed by atoms with Crippen LogP contribution in [0.5, 0.6) is 5.75 Å². The van der Waals surface area contributed by atoms with Crippen molar-refractivity contribution in [3.63, 3.8) is 0 Å². The third-order valence-corrected chi connectivity index (χ3v) is 5.72. The SMILES string of the molecule is COC(=O)c1ccc(CSc2nnc(-c3cccc(OC)c3)n2Cc2ccco2)cc1. The van der Waals surface area contributed by atoms with E-state index in [-0.39, 0.29) is 5.97 Å². The van der Waals surface area contributed by atoms with Crippen LogP contribution in [0.3, 0.4) is 0 Å². The number of benzene rings is 2. The van der Waals surface area contributed by atoms with Crippen molar-refractivity contribution in [1.82, 2.24) is 14.8 Å². The highest BCUT2D eigenvalue weighted by Gasteiger charge is 2.17. The maximum Gasteiger partial charge on any atom is 0.337 e. The zero-order chi connectivity index (χ0) is 21.6. The summed E-state index contributed by atoms with van der Waals surface area (Å²) in [6, 6.07) is 18.9. The number of rotatable bonds is 8. The lowest BCUT2D eigenvalue weighted by Crippen LogP contribution is -2.04. The van der Waals surface area contributed by atoms with Gasteiger partial charge in [0.1, 0.15) is 11.5 Å². The Morgan fingerprint density at radius 1 is 1.06 bits per heavy atom. The van der Waals surface area contributed by atoms with Gasteiger partial charge in [0.05, 0.1) is 32.6 Å². The van der Waals surface area contributed by atoms with Crippen molar-refractivity contribution in [1.29, 1.82) is 0 Å². The average molecular weight is 436 g/mol. The molecule has 4 rings (SSSR count). The number of nitrogens with zero attached hydrogens (tertiary/aromatic N) is 3. The number of carbonyl (C=O) groups is 1. The maximum atomic E-state index is 11.6. The van der Waals surface area contributed by atoms with E-state index in [0.717, 1.165) is 33.6 Å². The summed E-state index contributed by atoms with van der Waals surface area (Å²) in [5.41, 5.74) is 2.50. The molecule has 0 saturated heterocycles. The molecule has 158 valence electrons. The Bertz CT molecular complexity index is 1150. The van der Waals surface area contributed by atoms with Gasteiger partial charge in [-0.3, -0.25) is 4.57 Å². The van der Waals surface area contributed by atoms with Gasteiger partial charge in [-0.15, -0.1) is 10.2 Å². The number of esters is 1. The first kappa shape index (κ1) is 20.7. The fourth-order valence-electron chi connectivity index (χ4n) is 3.07. The van der Waals surface area contributed by atoms with Crippen molar-refractivity contribution in [2.24, 2.45) is 0 Å². The Kier molecular flexibility index (Phi) is 6.37. The number of furan rings is 1. The second-order valence-corrected chi connectivity index (χ2v) is 7.62. The first-order chi connectivity index (χ1) is 15.2. The molecule has 0 amide bonds. The van der Waals surface area contributed by atoms with E-state index in [4.69, 9.17) is 13.9 Å². The highest BCUT2D eigenvalue weighted by atomic mass is 32.2. The second-order valence-electron chi connectivity index (χ2n) is 6.68. The van der Waals surface area contributed by atoms with Crippen molar-refractivity contribution >= 4 is 17.7 Å². The highest BCUT2D eigenvalue weighted by Crippen LogP contribution is 2.29. The Morgan fingerprint density at radius 3 is 2.61 bits per heavy atom. The summed E-state index contributed by atoms with van der Waals surface area (Å²) in [4.78, 5) is 11.6. The van der Waals surface area contributed by atoms with Crippen molar-refractivity contribution in [3.05, 3.63) is 83.8 Å². The topological polar surface area (TPSA) is 79.4 Å². The summed E-state index contributed by atoms with van der Waals surface area (Å²) in [6.07, 6.45) is 1.65. The molecule has 0 fully saturated rings. The smallest absolute Gasteiger partial charge is 0.337 e. The Balaban J connectivity index is 1.59. The second kappa shape index (κ2) is 9.53. The third kappa shape index (κ3) is 4.80. The van der Waals surface area contributed by atoms with Crippen molar-refractivity contribution in [3.8, 4) is 17.1 Å². The predicted molar refractivity (Wildman–Crippen MR) is 117 cm³/mol. The van der Waals surface area contributed by atoms with E-state index in [9.17, 15) is 4.79 Å². The maximum absolute atomic E-state index is 11.6. The van der Waals surface area contributed by atoms with Gasteiger partial charge in [0.25, 0.3) is 0 Å². The van der Waals surface area contributed by atoms with Crippen LogP contribution in [0, 0.1) is 0 Å². The van der Waals surface area contributed by atoms with Crippen LogP contribution in [0.15, 0.2) is 76.5 Å². The average Bonchev–Trinajstić information content (AvgIpc) is 3.48. The Labute approximate surface area is 184 Å². The molecule has 2 aromatic carbocycles. The Morgan fingerprint density at radius 2 is 1.90 bits per heavy atom. The minimum atomic E-state index is -0.347. The summed E-state index contributed by atoms with van der Waals surface area (Å²) in [7, 11) is 3.01. The van der Waals surface area contributed by atoms with E-state index >= 15 is 0 Å². The van der Waals surface area contributed by atoms with Gasteiger partial charge < -0.3 is 13.9 Å². The summed E-state index contributed by atoms with van der Waals surface area (Å²) < 4.78 is 17.7. The quantitative estimate of drug-likeness (QED) is 0.294. The monoisotopic (exact) mass is 435 g/mol. The molecule has 0 atom stereocenters. The van der Waals surface area contributed by atoms with Crippen LogP contribution in [0.25, 0.3) is 11.4 Å². The molecule has 4 aromatic rings. The summed E-state index contributed by atoms with van der Waals surface area (Å²) in [5.74, 6) is 2.63. The van der Waals surface area contributed by atoms with Crippen LogP contribution < -0.4 is 4.74 Å². The molecule has 0 aliphatic rings. The fraction of sp³-hybridized carbons (Fsp3) is 0.174. The molecular formula is C23H21N3O4S. The lowest BCUT2D eigenvalue weighted by atomic mass is 10.1. The van der Waals surface area contributed by atoms with E-state index in [1.54, 1.807) is 37.3 Å². The lowest BCUT2D eigenvalue weighted by molar-refractivity contribution is 0.0600. The molecule has 0 radical (unpaired) electrons. The molecular weight excluding hydrogens is 414 g/mol. The first-order valence-corrected chi connectivity index (χ1v) is 10.6. The van der Waals surface area contributed by atoms with Crippen LogP contribution in [-0.2, 0) is 17.0 Å². The minimum Gasteiger partial charge on any atom is -0.497 e. The van der Waals surface area contributed by atoms with Crippen molar-refractivity contribution < 1.29 is 18.7 Å². The molecule has 7 nitrogen and oxygen atoms in total. The number of aromatic nitrogens is 3. The van der Waals surface area contributed by atoms with Crippen molar-refractivity contribution in [2.45, 2.75) is 17.5 Å². The third-order valence-electron chi connectivity index (χ3n) is 4.68.